The summed E-state index contributed by atoms with van der Waals surface area (Å²) in [5.74, 6) is -0.389. The molecule has 1 aromatic carbocycles. The van der Waals surface area contributed by atoms with E-state index in [4.69, 9.17) is 4.74 Å². The number of hydrogen-bond donors (Lipinski definition) is 1. The number of pyridine rings is 1. The molecule has 1 N–H and O–H groups in total. The van der Waals surface area contributed by atoms with Gasteiger partial charge in [-0.1, -0.05) is 0 Å². The molecule has 122 valence electrons. The average Bonchev–Trinajstić information content (AvgIpc) is 2.92. The number of carboxylic acids is 1. The number of ether oxygens (including phenoxy) is 1. The first kappa shape index (κ1) is 15.5. The van der Waals surface area contributed by atoms with Crippen LogP contribution in [0.5, 0.6) is 5.75 Å². The lowest BCUT2D eigenvalue weighted by molar-refractivity contribution is -0.384. The van der Waals surface area contributed by atoms with E-state index in [0.29, 0.717) is 28.3 Å². The molecule has 0 radical (unpaired) electrons. The van der Waals surface area contributed by atoms with Crippen molar-refractivity contribution in [3.05, 3.63) is 58.4 Å². The lowest BCUT2D eigenvalue weighted by Crippen LogP contribution is -2.04. The second kappa shape index (κ2) is 5.99. The SMILES string of the molecule is COc1ccn2c(CC(=O)O)c(-c3ccc([N+](=O)[O-])cc3)nc2c1. The molecule has 0 saturated heterocycles. The molecular weight excluding hydrogens is 314 g/mol. The first-order valence-corrected chi connectivity index (χ1v) is 7.01. The number of methoxy groups -OCH3 is 1. The number of hydrogen-bond acceptors (Lipinski definition) is 5. The number of carboxylic acid groups (broad SMARTS) is 1. The summed E-state index contributed by atoms with van der Waals surface area (Å²) < 4.78 is 6.83. The van der Waals surface area contributed by atoms with Crippen molar-refractivity contribution in [2.24, 2.45) is 0 Å². The van der Waals surface area contributed by atoms with E-state index < -0.39 is 10.9 Å². The van der Waals surface area contributed by atoms with Crippen LogP contribution in [0.4, 0.5) is 5.69 Å². The Hall–Kier alpha value is -3.42. The maximum Gasteiger partial charge on any atom is 0.309 e. The molecule has 0 aliphatic carbocycles. The van der Waals surface area contributed by atoms with Crippen LogP contribution in [0.25, 0.3) is 16.9 Å². The topological polar surface area (TPSA) is 107 Å². The maximum absolute atomic E-state index is 11.2. The van der Waals surface area contributed by atoms with Crippen molar-refractivity contribution in [3.8, 4) is 17.0 Å². The molecule has 3 aromatic rings. The summed E-state index contributed by atoms with van der Waals surface area (Å²) >= 11 is 0. The highest BCUT2D eigenvalue weighted by molar-refractivity contribution is 5.76. The van der Waals surface area contributed by atoms with E-state index in [2.05, 4.69) is 4.98 Å². The second-order valence-electron chi connectivity index (χ2n) is 5.08. The molecule has 0 bridgehead atoms. The summed E-state index contributed by atoms with van der Waals surface area (Å²) in [6, 6.07) is 9.25. The third-order valence-electron chi connectivity index (χ3n) is 3.60. The van der Waals surface area contributed by atoms with Crippen LogP contribution in [0.3, 0.4) is 0 Å². The molecule has 0 aliphatic rings. The van der Waals surface area contributed by atoms with Gasteiger partial charge in [0, 0.05) is 30.0 Å². The van der Waals surface area contributed by atoms with E-state index in [1.807, 2.05) is 0 Å². The standard InChI is InChI=1S/C16H13N3O5/c1-24-12-6-7-18-13(9-15(20)21)16(17-14(18)8-12)10-2-4-11(5-3-10)19(22)23/h2-8H,9H2,1H3,(H,20,21). The van der Waals surface area contributed by atoms with E-state index in [9.17, 15) is 20.0 Å². The van der Waals surface area contributed by atoms with Crippen LogP contribution in [-0.2, 0) is 11.2 Å². The molecule has 3 rings (SSSR count). The maximum atomic E-state index is 11.2. The minimum Gasteiger partial charge on any atom is -0.497 e. The number of non-ortho nitro benzene ring substituents is 1. The summed E-state index contributed by atoms with van der Waals surface area (Å²) in [5.41, 5.74) is 2.08. The zero-order valence-electron chi connectivity index (χ0n) is 12.7. The first-order valence-electron chi connectivity index (χ1n) is 7.01. The van der Waals surface area contributed by atoms with Crippen LogP contribution in [-0.4, -0.2) is 32.5 Å². The lowest BCUT2D eigenvalue weighted by Gasteiger charge is -2.04. The largest absolute Gasteiger partial charge is 0.497 e. The van der Waals surface area contributed by atoms with Gasteiger partial charge in [0.25, 0.3) is 5.69 Å². The second-order valence-corrected chi connectivity index (χ2v) is 5.08. The van der Waals surface area contributed by atoms with Gasteiger partial charge in [-0.15, -0.1) is 0 Å². The van der Waals surface area contributed by atoms with Crippen molar-refractivity contribution in [2.75, 3.05) is 7.11 Å². The molecule has 24 heavy (non-hydrogen) atoms. The van der Waals surface area contributed by atoms with Gasteiger partial charge in [-0.25, -0.2) is 4.98 Å². The number of rotatable bonds is 5. The van der Waals surface area contributed by atoms with Crippen molar-refractivity contribution in [1.29, 1.82) is 0 Å². The average molecular weight is 327 g/mol. The van der Waals surface area contributed by atoms with Crippen molar-refractivity contribution in [3.63, 3.8) is 0 Å². The van der Waals surface area contributed by atoms with E-state index in [1.54, 1.807) is 34.9 Å². The first-order chi connectivity index (χ1) is 11.5. The van der Waals surface area contributed by atoms with Crippen LogP contribution in [0.15, 0.2) is 42.6 Å². The Bertz CT molecular complexity index is 931. The minimum atomic E-state index is -0.990. The Labute approximate surface area is 136 Å². The summed E-state index contributed by atoms with van der Waals surface area (Å²) in [6.45, 7) is 0. The molecule has 0 atom stereocenters. The van der Waals surface area contributed by atoms with Crippen LogP contribution >= 0.6 is 0 Å². The Morgan fingerprint density at radius 1 is 1.33 bits per heavy atom. The van der Waals surface area contributed by atoms with Gasteiger partial charge in [0.15, 0.2) is 0 Å². The molecule has 0 spiro atoms. The van der Waals surface area contributed by atoms with Crippen molar-refractivity contribution >= 4 is 17.3 Å². The van der Waals surface area contributed by atoms with E-state index >= 15 is 0 Å². The number of aromatic nitrogens is 2. The van der Waals surface area contributed by atoms with Crippen LogP contribution in [0.2, 0.25) is 0 Å². The van der Waals surface area contributed by atoms with Gasteiger partial charge in [-0.2, -0.15) is 0 Å². The number of nitrogens with zero attached hydrogens (tertiary/aromatic N) is 3. The highest BCUT2D eigenvalue weighted by Gasteiger charge is 2.18. The molecular formula is C16H13N3O5. The molecule has 0 amide bonds. The van der Waals surface area contributed by atoms with E-state index in [-0.39, 0.29) is 12.1 Å². The summed E-state index contributed by atoms with van der Waals surface area (Å²) in [6.07, 6.45) is 1.47. The third-order valence-corrected chi connectivity index (χ3v) is 3.60. The molecule has 0 saturated carbocycles. The van der Waals surface area contributed by atoms with Crippen LogP contribution < -0.4 is 4.74 Å². The number of aliphatic carboxylic acids is 1. The van der Waals surface area contributed by atoms with Gasteiger partial charge in [-0.05, 0) is 18.2 Å². The summed E-state index contributed by atoms with van der Waals surface area (Å²) in [4.78, 5) is 26.0. The number of carbonyl (C=O) groups is 1. The molecule has 0 unspecified atom stereocenters. The number of imidazole rings is 1. The Morgan fingerprint density at radius 2 is 2.04 bits per heavy atom. The summed E-state index contributed by atoms with van der Waals surface area (Å²) in [5, 5.41) is 19.9. The molecule has 2 heterocycles. The minimum absolute atomic E-state index is 0.0380. The smallest absolute Gasteiger partial charge is 0.309 e. The number of fused-ring (bicyclic) bond motifs is 1. The fourth-order valence-electron chi connectivity index (χ4n) is 2.49. The third kappa shape index (κ3) is 2.76. The fourth-order valence-corrected chi connectivity index (χ4v) is 2.49. The predicted octanol–water partition coefficient (Wildman–Crippen LogP) is 2.55. The fraction of sp³-hybridized carbons (Fsp3) is 0.125. The monoisotopic (exact) mass is 327 g/mol. The van der Waals surface area contributed by atoms with Crippen LogP contribution in [0.1, 0.15) is 5.69 Å². The van der Waals surface area contributed by atoms with Gasteiger partial charge in [0.1, 0.15) is 11.4 Å². The van der Waals surface area contributed by atoms with Crippen molar-refractivity contribution in [2.45, 2.75) is 6.42 Å². The highest BCUT2D eigenvalue weighted by Crippen LogP contribution is 2.28. The van der Waals surface area contributed by atoms with E-state index in [1.165, 1.54) is 19.2 Å². The lowest BCUT2D eigenvalue weighted by atomic mass is 10.1. The number of nitro groups is 1. The van der Waals surface area contributed by atoms with Gasteiger partial charge >= 0.3 is 5.97 Å². The van der Waals surface area contributed by atoms with Crippen molar-refractivity contribution < 1.29 is 19.6 Å². The quantitative estimate of drug-likeness (QED) is 0.570. The van der Waals surface area contributed by atoms with Gasteiger partial charge in [0.2, 0.25) is 0 Å². The number of benzene rings is 1. The molecule has 0 aliphatic heterocycles. The van der Waals surface area contributed by atoms with Crippen molar-refractivity contribution in [1.82, 2.24) is 9.38 Å². The predicted molar refractivity (Wildman–Crippen MR) is 85.2 cm³/mol. The molecule has 0 fully saturated rings. The molecule has 2 aromatic heterocycles. The summed E-state index contributed by atoms with van der Waals surface area (Å²) in [7, 11) is 1.53. The zero-order valence-corrected chi connectivity index (χ0v) is 12.7. The van der Waals surface area contributed by atoms with Gasteiger partial charge in [0.05, 0.1) is 29.8 Å². The molecule has 8 nitrogen and oxygen atoms in total. The van der Waals surface area contributed by atoms with E-state index in [0.717, 1.165) is 0 Å². The highest BCUT2D eigenvalue weighted by atomic mass is 16.6. The normalized spacial score (nSPS) is 10.7. The molecule has 8 heteroatoms. The Balaban J connectivity index is 2.17. The Kier molecular flexibility index (Phi) is 3.87. The van der Waals surface area contributed by atoms with Gasteiger partial charge < -0.3 is 14.2 Å². The van der Waals surface area contributed by atoms with Crippen LogP contribution in [0, 0.1) is 10.1 Å². The number of nitro benzene ring substituents is 1. The van der Waals surface area contributed by atoms with Gasteiger partial charge in [-0.3, -0.25) is 14.9 Å². The Morgan fingerprint density at radius 3 is 2.62 bits per heavy atom. The zero-order chi connectivity index (χ0) is 17.3.